The van der Waals surface area contributed by atoms with Crippen molar-refractivity contribution in [1.29, 1.82) is 0 Å². The lowest BCUT2D eigenvalue weighted by atomic mass is 9.88. The van der Waals surface area contributed by atoms with E-state index in [1.165, 1.54) is 43.2 Å². The van der Waals surface area contributed by atoms with Gasteiger partial charge in [0.2, 0.25) is 5.95 Å². The van der Waals surface area contributed by atoms with Crippen LogP contribution in [0, 0.1) is 5.92 Å². The molecule has 1 aromatic heterocycles. The molecule has 206 valence electrons. The molecule has 0 unspecified atom stereocenters. The Hall–Kier alpha value is -4.19. The Balaban J connectivity index is 1.27. The Morgan fingerprint density at radius 2 is 1.43 bits per heavy atom. The van der Waals surface area contributed by atoms with Crippen LogP contribution in [0.5, 0.6) is 0 Å². The van der Waals surface area contributed by atoms with Crippen LogP contribution in [0.2, 0.25) is 0 Å². The van der Waals surface area contributed by atoms with Crippen molar-refractivity contribution in [1.82, 2.24) is 15.3 Å². The van der Waals surface area contributed by atoms with E-state index in [-0.39, 0.29) is 11.8 Å². The molecule has 1 aliphatic carbocycles. The second kappa shape index (κ2) is 14.3. The second-order valence-corrected chi connectivity index (χ2v) is 10.6. The van der Waals surface area contributed by atoms with E-state index in [2.05, 4.69) is 81.6 Å². The molecular weight excluding hydrogens is 494 g/mol. The number of nitrogens with one attached hydrogen (secondary N) is 3. The maximum absolute atomic E-state index is 13.2. The molecule has 40 heavy (non-hydrogen) atoms. The van der Waals surface area contributed by atoms with Gasteiger partial charge in [-0.25, -0.2) is 4.98 Å². The Labute approximate surface area is 237 Å². The largest absolute Gasteiger partial charge is 0.369 e. The molecule has 0 aliphatic heterocycles. The van der Waals surface area contributed by atoms with Crippen LogP contribution in [0.3, 0.4) is 0 Å². The minimum absolute atomic E-state index is 0.172. The molecule has 0 bridgehead atoms. The predicted octanol–water partition coefficient (Wildman–Crippen LogP) is 7.03. The summed E-state index contributed by atoms with van der Waals surface area (Å²) in [4.78, 5) is 22.5. The van der Waals surface area contributed by atoms with Gasteiger partial charge >= 0.3 is 0 Å². The third-order valence-corrected chi connectivity index (χ3v) is 7.73. The topological polar surface area (TPSA) is 78.9 Å². The number of hydrogen-bond acceptors (Lipinski definition) is 5. The Kier molecular flexibility index (Phi) is 9.77. The summed E-state index contributed by atoms with van der Waals surface area (Å²) in [6.07, 6.45) is 8.84. The van der Waals surface area contributed by atoms with Crippen LogP contribution in [-0.2, 0) is 6.54 Å². The Bertz CT molecular complexity index is 1290. The van der Waals surface area contributed by atoms with E-state index in [0.29, 0.717) is 36.3 Å². The van der Waals surface area contributed by atoms with Crippen molar-refractivity contribution < 1.29 is 4.79 Å². The number of aromatic nitrogens is 2. The highest BCUT2D eigenvalue weighted by Crippen LogP contribution is 2.28. The summed E-state index contributed by atoms with van der Waals surface area (Å²) >= 11 is 0. The number of nitrogens with zero attached hydrogens (tertiary/aromatic N) is 2. The van der Waals surface area contributed by atoms with E-state index in [0.717, 1.165) is 18.5 Å². The molecular formula is C34H39N5O. The Morgan fingerprint density at radius 1 is 0.800 bits per heavy atom. The van der Waals surface area contributed by atoms with E-state index < -0.39 is 0 Å². The third kappa shape index (κ3) is 7.69. The summed E-state index contributed by atoms with van der Waals surface area (Å²) in [5, 5.41) is 9.95. The number of carbonyl (C=O) groups excluding carboxylic acids is 1. The van der Waals surface area contributed by atoms with Crippen molar-refractivity contribution in [2.45, 2.75) is 51.0 Å². The van der Waals surface area contributed by atoms with Gasteiger partial charge in [0.05, 0.1) is 0 Å². The van der Waals surface area contributed by atoms with Gasteiger partial charge in [-0.15, -0.1) is 0 Å². The van der Waals surface area contributed by atoms with Crippen LogP contribution in [0.25, 0.3) is 0 Å². The highest BCUT2D eigenvalue weighted by atomic mass is 16.1. The molecule has 3 N–H and O–H groups in total. The fourth-order valence-electron chi connectivity index (χ4n) is 5.50. The maximum Gasteiger partial charge on any atom is 0.256 e. The van der Waals surface area contributed by atoms with Crippen LogP contribution >= 0.6 is 0 Å². The molecule has 1 amide bonds. The first-order valence-corrected chi connectivity index (χ1v) is 14.5. The SMILES string of the molecule is O=C(NCc1ccccc1)c1cnc(NCCC(c2ccccc2)c2ccccc2)nc1NCC1CCCCC1. The zero-order valence-electron chi connectivity index (χ0n) is 23.1. The van der Waals surface area contributed by atoms with Gasteiger partial charge in [0.15, 0.2) is 0 Å². The molecule has 0 saturated heterocycles. The first kappa shape index (κ1) is 27.4. The van der Waals surface area contributed by atoms with Crippen LogP contribution < -0.4 is 16.0 Å². The number of anilines is 2. The van der Waals surface area contributed by atoms with Crippen molar-refractivity contribution in [3.8, 4) is 0 Å². The van der Waals surface area contributed by atoms with E-state index >= 15 is 0 Å². The van der Waals surface area contributed by atoms with Crippen LogP contribution in [-0.4, -0.2) is 29.0 Å². The third-order valence-electron chi connectivity index (χ3n) is 7.73. The first-order chi connectivity index (χ1) is 19.8. The summed E-state index contributed by atoms with van der Waals surface area (Å²) < 4.78 is 0. The van der Waals surface area contributed by atoms with Crippen LogP contribution in [0.15, 0.2) is 97.2 Å². The zero-order valence-corrected chi connectivity index (χ0v) is 23.1. The maximum atomic E-state index is 13.2. The number of amides is 1. The molecule has 5 rings (SSSR count). The molecule has 4 aromatic rings. The number of hydrogen-bond donors (Lipinski definition) is 3. The Morgan fingerprint density at radius 3 is 2.08 bits per heavy atom. The lowest BCUT2D eigenvalue weighted by Crippen LogP contribution is -2.26. The number of rotatable bonds is 12. The number of carbonyl (C=O) groups is 1. The van der Waals surface area contributed by atoms with Crippen molar-refractivity contribution in [2.24, 2.45) is 5.92 Å². The molecule has 1 heterocycles. The number of benzene rings is 3. The van der Waals surface area contributed by atoms with Crippen LogP contribution in [0.4, 0.5) is 11.8 Å². The van der Waals surface area contributed by atoms with Gasteiger partial charge in [0.25, 0.3) is 5.91 Å². The van der Waals surface area contributed by atoms with Gasteiger partial charge in [-0.2, -0.15) is 4.98 Å². The quantitative estimate of drug-likeness (QED) is 0.182. The van der Waals surface area contributed by atoms with E-state index in [4.69, 9.17) is 4.98 Å². The molecule has 0 radical (unpaired) electrons. The highest BCUT2D eigenvalue weighted by molar-refractivity contribution is 5.98. The molecule has 1 saturated carbocycles. The van der Waals surface area contributed by atoms with E-state index in [9.17, 15) is 4.79 Å². The van der Waals surface area contributed by atoms with Gasteiger partial charge in [0.1, 0.15) is 11.4 Å². The van der Waals surface area contributed by atoms with Crippen molar-refractivity contribution in [2.75, 3.05) is 23.7 Å². The molecule has 0 atom stereocenters. The summed E-state index contributed by atoms with van der Waals surface area (Å²) in [5.41, 5.74) is 4.11. The molecule has 1 fully saturated rings. The fraction of sp³-hybridized carbons (Fsp3) is 0.324. The van der Waals surface area contributed by atoms with Gasteiger partial charge < -0.3 is 16.0 Å². The van der Waals surface area contributed by atoms with Gasteiger partial charge in [-0.05, 0) is 41.9 Å². The standard InChI is InChI=1S/C34H39N5O/c40-33(37-24-27-15-7-2-8-16-27)31-25-38-34(39-32(31)36-23-26-13-5-1-6-14-26)35-22-21-30(28-17-9-3-10-18-28)29-19-11-4-12-20-29/h2-4,7-12,15-20,25-26,30H,1,5-6,13-14,21-24H2,(H,37,40)(H2,35,36,38,39). The molecule has 0 spiro atoms. The van der Waals surface area contributed by atoms with E-state index in [1.54, 1.807) is 6.20 Å². The lowest BCUT2D eigenvalue weighted by Gasteiger charge is -2.23. The van der Waals surface area contributed by atoms with Crippen molar-refractivity contribution in [3.63, 3.8) is 0 Å². The van der Waals surface area contributed by atoms with Gasteiger partial charge in [0, 0.05) is 31.7 Å². The molecule has 6 heteroatoms. The zero-order chi connectivity index (χ0) is 27.4. The minimum atomic E-state index is -0.172. The molecule has 1 aliphatic rings. The summed E-state index contributed by atoms with van der Waals surface area (Å²) in [7, 11) is 0. The predicted molar refractivity (Wildman–Crippen MR) is 163 cm³/mol. The minimum Gasteiger partial charge on any atom is -0.369 e. The van der Waals surface area contributed by atoms with Crippen molar-refractivity contribution in [3.05, 3.63) is 119 Å². The van der Waals surface area contributed by atoms with Crippen molar-refractivity contribution >= 4 is 17.7 Å². The van der Waals surface area contributed by atoms with E-state index in [1.807, 2.05) is 30.3 Å². The second-order valence-electron chi connectivity index (χ2n) is 10.6. The summed E-state index contributed by atoms with van der Waals surface area (Å²) in [6, 6.07) is 31.1. The average Bonchev–Trinajstić information content (AvgIpc) is 3.03. The average molecular weight is 534 g/mol. The lowest BCUT2D eigenvalue weighted by molar-refractivity contribution is 0.0951. The normalized spacial score (nSPS) is 13.6. The summed E-state index contributed by atoms with van der Waals surface area (Å²) in [6.45, 7) is 1.98. The van der Waals surface area contributed by atoms with Gasteiger partial charge in [-0.1, -0.05) is 110 Å². The highest BCUT2D eigenvalue weighted by Gasteiger charge is 2.19. The smallest absolute Gasteiger partial charge is 0.256 e. The van der Waals surface area contributed by atoms with Crippen LogP contribution in [0.1, 0.15) is 71.5 Å². The fourth-order valence-corrected chi connectivity index (χ4v) is 5.50. The first-order valence-electron chi connectivity index (χ1n) is 14.5. The van der Waals surface area contributed by atoms with Gasteiger partial charge in [-0.3, -0.25) is 4.79 Å². The summed E-state index contributed by atoms with van der Waals surface area (Å²) in [5.74, 6) is 1.83. The molecule has 3 aromatic carbocycles. The molecule has 6 nitrogen and oxygen atoms in total. The monoisotopic (exact) mass is 533 g/mol.